The standard InChI is InChI=1S/C18H22N2O/c1-13-9-11-16(12-10-13)17(15-7-5-4-6-8-15)20-14(2)18(21)19-3/h4-12,14,17,20H,1-3H3,(H,19,21)/t14-,17-/m0/s1. The molecule has 0 aromatic heterocycles. The summed E-state index contributed by atoms with van der Waals surface area (Å²) in [5, 5.41) is 6.09. The minimum absolute atomic E-state index is 0.000833. The lowest BCUT2D eigenvalue weighted by Gasteiger charge is -2.23. The van der Waals surface area contributed by atoms with Gasteiger partial charge in [0.2, 0.25) is 5.91 Å². The van der Waals surface area contributed by atoms with Crippen LogP contribution in [0.25, 0.3) is 0 Å². The summed E-state index contributed by atoms with van der Waals surface area (Å²) in [4.78, 5) is 11.8. The van der Waals surface area contributed by atoms with Gasteiger partial charge < -0.3 is 5.32 Å². The molecule has 0 heterocycles. The third-order valence-electron chi connectivity index (χ3n) is 3.60. The summed E-state index contributed by atoms with van der Waals surface area (Å²) in [7, 11) is 1.66. The van der Waals surface area contributed by atoms with Gasteiger partial charge in [0.1, 0.15) is 0 Å². The Morgan fingerprint density at radius 3 is 2.10 bits per heavy atom. The second-order valence-corrected chi connectivity index (χ2v) is 5.26. The van der Waals surface area contributed by atoms with E-state index in [0.29, 0.717) is 0 Å². The van der Waals surface area contributed by atoms with Gasteiger partial charge in [0.15, 0.2) is 0 Å². The zero-order chi connectivity index (χ0) is 15.2. The largest absolute Gasteiger partial charge is 0.358 e. The summed E-state index contributed by atoms with van der Waals surface area (Å²) in [6.45, 7) is 3.95. The molecule has 0 aliphatic carbocycles. The molecule has 2 aromatic carbocycles. The molecule has 0 unspecified atom stereocenters. The van der Waals surface area contributed by atoms with Crippen molar-refractivity contribution in [1.29, 1.82) is 0 Å². The lowest BCUT2D eigenvalue weighted by molar-refractivity contribution is -0.122. The maximum absolute atomic E-state index is 11.8. The number of likely N-dealkylation sites (N-methyl/N-ethyl adjacent to an activating group) is 1. The van der Waals surface area contributed by atoms with Crippen molar-refractivity contribution in [3.63, 3.8) is 0 Å². The van der Waals surface area contributed by atoms with Gasteiger partial charge in [0, 0.05) is 7.05 Å². The molecule has 0 saturated heterocycles. The highest BCUT2D eigenvalue weighted by atomic mass is 16.2. The molecule has 2 atom stereocenters. The molecular weight excluding hydrogens is 260 g/mol. The Hall–Kier alpha value is -2.13. The third-order valence-corrected chi connectivity index (χ3v) is 3.60. The number of carbonyl (C=O) groups is 1. The summed E-state index contributed by atoms with van der Waals surface area (Å²) in [5.74, 6) is -0.0111. The molecule has 1 amide bonds. The molecule has 0 radical (unpaired) electrons. The Bertz CT molecular complexity index is 578. The van der Waals surface area contributed by atoms with Gasteiger partial charge >= 0.3 is 0 Å². The molecule has 21 heavy (non-hydrogen) atoms. The minimum Gasteiger partial charge on any atom is -0.358 e. The molecule has 2 aromatic rings. The number of hydrogen-bond acceptors (Lipinski definition) is 2. The van der Waals surface area contributed by atoms with Gasteiger partial charge in [-0.2, -0.15) is 0 Å². The van der Waals surface area contributed by atoms with Crippen molar-refractivity contribution in [3.8, 4) is 0 Å². The first-order chi connectivity index (χ1) is 10.1. The van der Waals surface area contributed by atoms with E-state index in [1.807, 2.05) is 25.1 Å². The first-order valence-electron chi connectivity index (χ1n) is 7.21. The van der Waals surface area contributed by atoms with Crippen LogP contribution in [0.2, 0.25) is 0 Å². The molecule has 2 N–H and O–H groups in total. The van der Waals surface area contributed by atoms with Gasteiger partial charge in [0.25, 0.3) is 0 Å². The SMILES string of the molecule is CNC(=O)[C@H](C)N[C@@H](c1ccccc1)c1ccc(C)cc1. The van der Waals surface area contributed by atoms with Crippen molar-refractivity contribution in [3.05, 3.63) is 71.3 Å². The summed E-state index contributed by atoms with van der Waals surface area (Å²) >= 11 is 0. The summed E-state index contributed by atoms with van der Waals surface area (Å²) < 4.78 is 0. The number of carbonyl (C=O) groups excluding carboxylic acids is 1. The van der Waals surface area contributed by atoms with Crippen LogP contribution < -0.4 is 10.6 Å². The molecule has 110 valence electrons. The zero-order valence-corrected chi connectivity index (χ0v) is 12.8. The maximum Gasteiger partial charge on any atom is 0.236 e. The second kappa shape index (κ2) is 7.04. The number of rotatable bonds is 5. The fourth-order valence-electron chi connectivity index (χ4n) is 2.33. The lowest BCUT2D eigenvalue weighted by atomic mass is 9.97. The van der Waals surface area contributed by atoms with E-state index in [0.717, 1.165) is 11.1 Å². The van der Waals surface area contributed by atoms with E-state index >= 15 is 0 Å². The van der Waals surface area contributed by atoms with E-state index in [4.69, 9.17) is 0 Å². The van der Waals surface area contributed by atoms with E-state index < -0.39 is 0 Å². The van der Waals surface area contributed by atoms with Crippen LogP contribution in [-0.2, 0) is 4.79 Å². The predicted molar refractivity (Wildman–Crippen MR) is 86.1 cm³/mol. The minimum atomic E-state index is -0.262. The van der Waals surface area contributed by atoms with Crippen LogP contribution in [0, 0.1) is 6.92 Å². The van der Waals surface area contributed by atoms with Crippen LogP contribution in [0.1, 0.15) is 29.7 Å². The topological polar surface area (TPSA) is 41.1 Å². The molecule has 2 rings (SSSR count). The summed E-state index contributed by atoms with van der Waals surface area (Å²) in [6, 6.07) is 18.3. The number of amides is 1. The quantitative estimate of drug-likeness (QED) is 0.885. The lowest BCUT2D eigenvalue weighted by Crippen LogP contribution is -2.42. The van der Waals surface area contributed by atoms with Gasteiger partial charge in [-0.15, -0.1) is 0 Å². The number of hydrogen-bond donors (Lipinski definition) is 2. The van der Waals surface area contributed by atoms with E-state index in [9.17, 15) is 4.79 Å². The van der Waals surface area contributed by atoms with E-state index in [2.05, 4.69) is 54.0 Å². The fraction of sp³-hybridized carbons (Fsp3) is 0.278. The second-order valence-electron chi connectivity index (χ2n) is 5.26. The van der Waals surface area contributed by atoms with Crippen molar-refractivity contribution in [2.24, 2.45) is 0 Å². The average Bonchev–Trinajstić information content (AvgIpc) is 2.53. The van der Waals surface area contributed by atoms with Crippen LogP contribution >= 0.6 is 0 Å². The van der Waals surface area contributed by atoms with Gasteiger partial charge in [-0.25, -0.2) is 0 Å². The average molecular weight is 282 g/mol. The number of benzene rings is 2. The molecule has 3 nitrogen and oxygen atoms in total. The first-order valence-corrected chi connectivity index (χ1v) is 7.21. The van der Waals surface area contributed by atoms with Crippen molar-refractivity contribution >= 4 is 5.91 Å². The fourth-order valence-corrected chi connectivity index (χ4v) is 2.33. The Morgan fingerprint density at radius 2 is 1.52 bits per heavy atom. The Balaban J connectivity index is 2.31. The van der Waals surface area contributed by atoms with Gasteiger partial charge in [-0.3, -0.25) is 10.1 Å². The number of aryl methyl sites for hydroxylation is 1. The number of nitrogens with one attached hydrogen (secondary N) is 2. The van der Waals surface area contributed by atoms with E-state index in [1.165, 1.54) is 5.56 Å². The molecule has 0 aliphatic rings. The van der Waals surface area contributed by atoms with Crippen molar-refractivity contribution in [1.82, 2.24) is 10.6 Å². The van der Waals surface area contributed by atoms with Crippen LogP contribution in [0.15, 0.2) is 54.6 Å². The molecule has 3 heteroatoms. The Labute approximate surface area is 126 Å². The van der Waals surface area contributed by atoms with E-state index in [1.54, 1.807) is 7.05 Å². The van der Waals surface area contributed by atoms with Crippen molar-refractivity contribution in [2.45, 2.75) is 25.9 Å². The molecule has 0 spiro atoms. The van der Waals surface area contributed by atoms with Crippen LogP contribution in [0.3, 0.4) is 0 Å². The predicted octanol–water partition coefficient (Wildman–Crippen LogP) is 2.81. The zero-order valence-electron chi connectivity index (χ0n) is 12.8. The van der Waals surface area contributed by atoms with Gasteiger partial charge in [0.05, 0.1) is 12.1 Å². The third kappa shape index (κ3) is 3.92. The highest BCUT2D eigenvalue weighted by Gasteiger charge is 2.19. The molecule has 0 bridgehead atoms. The molecule has 0 fully saturated rings. The first kappa shape index (κ1) is 15.3. The van der Waals surface area contributed by atoms with Crippen LogP contribution in [0.4, 0.5) is 0 Å². The summed E-state index contributed by atoms with van der Waals surface area (Å²) in [5.41, 5.74) is 3.53. The van der Waals surface area contributed by atoms with Crippen LogP contribution in [0.5, 0.6) is 0 Å². The monoisotopic (exact) mass is 282 g/mol. The molecular formula is C18H22N2O. The smallest absolute Gasteiger partial charge is 0.236 e. The van der Waals surface area contributed by atoms with E-state index in [-0.39, 0.29) is 18.0 Å². The summed E-state index contributed by atoms with van der Waals surface area (Å²) in [6.07, 6.45) is 0. The Kier molecular flexibility index (Phi) is 5.12. The van der Waals surface area contributed by atoms with Gasteiger partial charge in [-0.1, -0.05) is 60.2 Å². The normalized spacial score (nSPS) is 13.5. The highest BCUT2D eigenvalue weighted by molar-refractivity contribution is 5.81. The van der Waals surface area contributed by atoms with Crippen molar-refractivity contribution < 1.29 is 4.79 Å². The van der Waals surface area contributed by atoms with Crippen molar-refractivity contribution in [2.75, 3.05) is 7.05 Å². The molecule has 0 saturated carbocycles. The highest BCUT2D eigenvalue weighted by Crippen LogP contribution is 2.23. The van der Waals surface area contributed by atoms with Gasteiger partial charge in [-0.05, 0) is 25.0 Å². The maximum atomic E-state index is 11.8. The Morgan fingerprint density at radius 1 is 0.952 bits per heavy atom. The van der Waals surface area contributed by atoms with Crippen LogP contribution in [-0.4, -0.2) is 19.0 Å². The molecule has 0 aliphatic heterocycles.